The van der Waals surface area contributed by atoms with Crippen molar-refractivity contribution in [1.82, 2.24) is 4.98 Å². The van der Waals surface area contributed by atoms with Crippen LogP contribution in [0, 0.1) is 12.8 Å². The van der Waals surface area contributed by atoms with Gasteiger partial charge < -0.3 is 10.5 Å². The highest BCUT2D eigenvalue weighted by Gasteiger charge is 2.14. The summed E-state index contributed by atoms with van der Waals surface area (Å²) in [5.41, 5.74) is 8.95. The third-order valence-corrected chi connectivity index (χ3v) is 3.39. The molecule has 1 aromatic heterocycles. The van der Waals surface area contributed by atoms with Crippen molar-refractivity contribution in [3.63, 3.8) is 0 Å². The van der Waals surface area contributed by atoms with Crippen LogP contribution in [0.2, 0.25) is 0 Å². The van der Waals surface area contributed by atoms with Crippen LogP contribution in [0.5, 0.6) is 5.75 Å². The molecular weight excluding hydrogens is 260 g/mol. The van der Waals surface area contributed by atoms with Crippen molar-refractivity contribution in [3.8, 4) is 5.75 Å². The summed E-state index contributed by atoms with van der Waals surface area (Å²) in [6, 6.07) is 8.30. The molecule has 1 unspecified atom stereocenters. The lowest BCUT2D eigenvalue weighted by molar-refractivity contribution is 0.131. The quantitative estimate of drug-likeness (QED) is 0.928. The summed E-state index contributed by atoms with van der Waals surface area (Å²) >= 11 is 0. The zero-order valence-electron chi connectivity index (χ0n) is 13.7. The zero-order valence-corrected chi connectivity index (χ0v) is 13.7. The molecule has 2 rings (SSSR count). The number of ether oxygens (including phenoxy) is 1. The van der Waals surface area contributed by atoms with Crippen LogP contribution in [-0.2, 0) is 6.42 Å². The van der Waals surface area contributed by atoms with E-state index in [-0.39, 0.29) is 5.60 Å². The molecule has 0 fully saturated rings. The third kappa shape index (κ3) is 4.18. The van der Waals surface area contributed by atoms with E-state index >= 15 is 0 Å². The van der Waals surface area contributed by atoms with E-state index in [1.54, 1.807) is 0 Å². The molecule has 2 aromatic rings. The molecule has 0 aliphatic rings. The van der Waals surface area contributed by atoms with E-state index in [0.717, 1.165) is 23.4 Å². The van der Waals surface area contributed by atoms with Gasteiger partial charge in [-0.15, -0.1) is 0 Å². The number of fused-ring (bicyclic) bond motifs is 1. The molecule has 1 atom stereocenters. The van der Waals surface area contributed by atoms with Gasteiger partial charge >= 0.3 is 0 Å². The van der Waals surface area contributed by atoms with E-state index in [4.69, 9.17) is 10.5 Å². The SMILES string of the molecule is Cc1cc(CC(C)CN)c2cc(OC(C)(C)C)ccc2n1. The Morgan fingerprint density at radius 3 is 2.57 bits per heavy atom. The second-order valence-electron chi connectivity index (χ2n) is 6.86. The molecule has 3 heteroatoms. The molecular formula is C18H26N2O. The van der Waals surface area contributed by atoms with Crippen molar-refractivity contribution in [2.45, 2.75) is 46.6 Å². The highest BCUT2D eigenvalue weighted by Crippen LogP contribution is 2.27. The fourth-order valence-electron chi connectivity index (χ4n) is 2.47. The van der Waals surface area contributed by atoms with Crippen LogP contribution in [0.25, 0.3) is 10.9 Å². The summed E-state index contributed by atoms with van der Waals surface area (Å²) < 4.78 is 5.97. The Balaban J connectivity index is 2.47. The summed E-state index contributed by atoms with van der Waals surface area (Å²) in [5.74, 6) is 1.35. The number of nitrogens with zero attached hydrogens (tertiary/aromatic N) is 1. The minimum absolute atomic E-state index is 0.198. The molecule has 0 radical (unpaired) electrons. The van der Waals surface area contributed by atoms with Gasteiger partial charge in [-0.25, -0.2) is 0 Å². The van der Waals surface area contributed by atoms with Gasteiger partial charge in [0, 0.05) is 11.1 Å². The van der Waals surface area contributed by atoms with Gasteiger partial charge in [-0.3, -0.25) is 4.98 Å². The van der Waals surface area contributed by atoms with Gasteiger partial charge in [0.2, 0.25) is 0 Å². The van der Waals surface area contributed by atoms with Crippen molar-refractivity contribution >= 4 is 10.9 Å². The molecule has 0 aliphatic carbocycles. The zero-order chi connectivity index (χ0) is 15.6. The van der Waals surface area contributed by atoms with Gasteiger partial charge in [0.1, 0.15) is 11.4 Å². The van der Waals surface area contributed by atoms with Crippen molar-refractivity contribution in [3.05, 3.63) is 35.5 Å². The first-order chi connectivity index (χ1) is 9.78. The monoisotopic (exact) mass is 286 g/mol. The summed E-state index contributed by atoms with van der Waals surface area (Å²) in [7, 11) is 0. The van der Waals surface area contributed by atoms with Crippen LogP contribution in [-0.4, -0.2) is 17.1 Å². The Hall–Kier alpha value is -1.61. The lowest BCUT2D eigenvalue weighted by Crippen LogP contribution is -2.22. The van der Waals surface area contributed by atoms with Gasteiger partial charge in [-0.1, -0.05) is 6.92 Å². The maximum atomic E-state index is 5.97. The van der Waals surface area contributed by atoms with E-state index in [9.17, 15) is 0 Å². The molecule has 0 saturated heterocycles. The predicted molar refractivity (Wildman–Crippen MR) is 88.8 cm³/mol. The average molecular weight is 286 g/mol. The molecule has 0 amide bonds. The molecule has 3 nitrogen and oxygen atoms in total. The van der Waals surface area contributed by atoms with Crippen molar-refractivity contribution in [2.75, 3.05) is 6.54 Å². The van der Waals surface area contributed by atoms with Crippen LogP contribution in [0.3, 0.4) is 0 Å². The Kier molecular flexibility index (Phi) is 4.52. The van der Waals surface area contributed by atoms with Crippen molar-refractivity contribution in [2.24, 2.45) is 11.7 Å². The molecule has 21 heavy (non-hydrogen) atoms. The fraction of sp³-hybridized carbons (Fsp3) is 0.500. The van der Waals surface area contributed by atoms with Gasteiger partial charge in [-0.05, 0) is 76.4 Å². The van der Waals surface area contributed by atoms with Gasteiger partial charge in [0.25, 0.3) is 0 Å². The topological polar surface area (TPSA) is 48.1 Å². The highest BCUT2D eigenvalue weighted by atomic mass is 16.5. The van der Waals surface area contributed by atoms with Crippen LogP contribution in [0.1, 0.15) is 39.0 Å². The van der Waals surface area contributed by atoms with E-state index in [1.807, 2.05) is 19.1 Å². The number of aromatic nitrogens is 1. The van der Waals surface area contributed by atoms with Crippen LogP contribution < -0.4 is 10.5 Å². The molecule has 0 aliphatic heterocycles. The summed E-state index contributed by atoms with van der Waals surface area (Å²) in [6.45, 7) is 11.1. The largest absolute Gasteiger partial charge is 0.488 e. The fourth-order valence-corrected chi connectivity index (χ4v) is 2.47. The smallest absolute Gasteiger partial charge is 0.120 e. The number of pyridine rings is 1. The van der Waals surface area contributed by atoms with Crippen LogP contribution in [0.4, 0.5) is 0 Å². The summed E-state index contributed by atoms with van der Waals surface area (Å²) in [5, 5.41) is 1.17. The maximum Gasteiger partial charge on any atom is 0.120 e. The molecule has 1 aromatic carbocycles. The number of hydrogen-bond acceptors (Lipinski definition) is 3. The Morgan fingerprint density at radius 2 is 1.95 bits per heavy atom. The molecule has 0 bridgehead atoms. The van der Waals surface area contributed by atoms with Crippen LogP contribution >= 0.6 is 0 Å². The molecule has 2 N–H and O–H groups in total. The number of aryl methyl sites for hydroxylation is 1. The first-order valence-electron chi connectivity index (χ1n) is 7.58. The lowest BCUT2D eigenvalue weighted by Gasteiger charge is -2.22. The Bertz CT molecular complexity index is 629. The summed E-state index contributed by atoms with van der Waals surface area (Å²) in [4.78, 5) is 4.62. The summed E-state index contributed by atoms with van der Waals surface area (Å²) in [6.07, 6.45) is 0.968. The van der Waals surface area contributed by atoms with E-state index in [2.05, 4.69) is 44.8 Å². The van der Waals surface area contributed by atoms with E-state index in [0.29, 0.717) is 12.5 Å². The first kappa shape index (κ1) is 15.8. The molecule has 0 saturated carbocycles. The average Bonchev–Trinajstić information content (AvgIpc) is 2.37. The number of hydrogen-bond donors (Lipinski definition) is 1. The number of nitrogens with two attached hydrogens (primary N) is 1. The van der Waals surface area contributed by atoms with Gasteiger partial charge in [0.05, 0.1) is 5.52 Å². The number of benzene rings is 1. The normalized spacial score (nSPS) is 13.4. The Labute approximate surface area is 127 Å². The van der Waals surface area contributed by atoms with Crippen molar-refractivity contribution in [1.29, 1.82) is 0 Å². The van der Waals surface area contributed by atoms with Crippen LogP contribution in [0.15, 0.2) is 24.3 Å². The highest BCUT2D eigenvalue weighted by molar-refractivity contribution is 5.84. The standard InChI is InChI=1S/C18H26N2O/c1-12(11-19)8-14-9-13(2)20-17-7-6-15(10-16(14)17)21-18(3,4)5/h6-7,9-10,12H,8,11,19H2,1-5H3. The third-order valence-electron chi connectivity index (χ3n) is 3.39. The van der Waals surface area contributed by atoms with E-state index in [1.165, 1.54) is 10.9 Å². The van der Waals surface area contributed by atoms with Gasteiger partial charge in [-0.2, -0.15) is 0 Å². The minimum Gasteiger partial charge on any atom is -0.488 e. The predicted octanol–water partition coefficient (Wildman–Crippen LogP) is 3.86. The molecule has 1 heterocycles. The molecule has 114 valence electrons. The second kappa shape index (κ2) is 6.02. The number of rotatable bonds is 4. The van der Waals surface area contributed by atoms with E-state index < -0.39 is 0 Å². The Morgan fingerprint density at radius 1 is 1.24 bits per heavy atom. The molecule has 0 spiro atoms. The van der Waals surface area contributed by atoms with Crippen molar-refractivity contribution < 1.29 is 4.74 Å². The van der Waals surface area contributed by atoms with Gasteiger partial charge in [0.15, 0.2) is 0 Å². The minimum atomic E-state index is -0.198. The first-order valence-corrected chi connectivity index (χ1v) is 7.58. The lowest BCUT2D eigenvalue weighted by atomic mass is 9.97. The maximum absolute atomic E-state index is 5.97. The second-order valence-corrected chi connectivity index (χ2v) is 6.86.